The number of nitrogens with one attached hydrogen (secondary N) is 1. The van der Waals surface area contributed by atoms with Gasteiger partial charge in [0.15, 0.2) is 0 Å². The van der Waals surface area contributed by atoms with Crippen LogP contribution in [0.1, 0.15) is 37.8 Å². The molecule has 0 saturated carbocycles. The Morgan fingerprint density at radius 1 is 1.17 bits per heavy atom. The number of nitrogens with zero attached hydrogens (tertiary/aromatic N) is 2. The highest BCUT2D eigenvalue weighted by molar-refractivity contribution is 5.79. The molecule has 1 amide bonds. The van der Waals surface area contributed by atoms with Crippen LogP contribution in [0.4, 0.5) is 0 Å². The average molecular weight is 317 g/mol. The normalized spacial score (nSPS) is 21.4. The fourth-order valence-electron chi connectivity index (χ4n) is 3.30. The van der Waals surface area contributed by atoms with E-state index in [9.17, 15) is 4.79 Å². The summed E-state index contributed by atoms with van der Waals surface area (Å²) in [6.07, 6.45) is 1.92. The number of hydrogen-bond donors (Lipinski definition) is 1. The van der Waals surface area contributed by atoms with Crippen LogP contribution < -0.4 is 5.32 Å². The first-order valence-corrected chi connectivity index (χ1v) is 8.74. The molecular formula is C19H31N3O. The van der Waals surface area contributed by atoms with Gasteiger partial charge in [-0.2, -0.15) is 0 Å². The van der Waals surface area contributed by atoms with Crippen LogP contribution in [0.5, 0.6) is 0 Å². The molecule has 0 unspecified atom stereocenters. The summed E-state index contributed by atoms with van der Waals surface area (Å²) < 4.78 is 0. The summed E-state index contributed by atoms with van der Waals surface area (Å²) in [7, 11) is 4.15. The van der Waals surface area contributed by atoms with Crippen LogP contribution in [-0.4, -0.2) is 48.9 Å². The van der Waals surface area contributed by atoms with Crippen LogP contribution >= 0.6 is 0 Å². The molecule has 23 heavy (non-hydrogen) atoms. The van der Waals surface area contributed by atoms with Gasteiger partial charge in [0.05, 0.1) is 0 Å². The number of piperidine rings is 1. The molecule has 4 nitrogen and oxygen atoms in total. The molecule has 0 bridgehead atoms. The van der Waals surface area contributed by atoms with Crippen molar-refractivity contribution in [2.75, 3.05) is 27.2 Å². The predicted octanol–water partition coefficient (Wildman–Crippen LogP) is 2.48. The highest BCUT2D eigenvalue weighted by Crippen LogP contribution is 2.20. The van der Waals surface area contributed by atoms with Crippen molar-refractivity contribution in [2.45, 2.75) is 45.8 Å². The molecular weight excluding hydrogens is 286 g/mol. The van der Waals surface area contributed by atoms with E-state index in [4.69, 9.17) is 0 Å². The molecule has 1 aromatic rings. The predicted molar refractivity (Wildman–Crippen MR) is 95.1 cm³/mol. The van der Waals surface area contributed by atoms with Crippen molar-refractivity contribution >= 4 is 5.91 Å². The zero-order chi connectivity index (χ0) is 16.8. The highest BCUT2D eigenvalue weighted by Gasteiger charge is 2.27. The number of hydrogen-bond acceptors (Lipinski definition) is 3. The third-order valence-electron chi connectivity index (χ3n) is 4.56. The van der Waals surface area contributed by atoms with Crippen LogP contribution in [0.3, 0.4) is 0 Å². The van der Waals surface area contributed by atoms with E-state index in [0.717, 1.165) is 39.0 Å². The van der Waals surface area contributed by atoms with Gasteiger partial charge in [-0.25, -0.2) is 0 Å². The third-order valence-corrected chi connectivity index (χ3v) is 4.56. The second-order valence-corrected chi connectivity index (χ2v) is 6.98. The number of carbonyl (C=O) groups is 1. The first-order valence-electron chi connectivity index (χ1n) is 8.74. The number of rotatable bonds is 6. The van der Waals surface area contributed by atoms with Crippen LogP contribution in [-0.2, 0) is 17.9 Å². The first kappa shape index (κ1) is 18.0. The zero-order valence-electron chi connectivity index (χ0n) is 15.0. The Kier molecular flexibility index (Phi) is 6.60. The van der Waals surface area contributed by atoms with E-state index in [1.165, 1.54) is 11.1 Å². The molecule has 1 fully saturated rings. The molecule has 1 N–H and O–H groups in total. The smallest absolute Gasteiger partial charge is 0.226 e. The number of carbonyl (C=O) groups excluding carboxylic acids is 1. The lowest BCUT2D eigenvalue weighted by molar-refractivity contribution is -0.137. The summed E-state index contributed by atoms with van der Waals surface area (Å²) in [6.45, 7) is 7.63. The summed E-state index contributed by atoms with van der Waals surface area (Å²) in [5.74, 6) is 0.498. The Balaban J connectivity index is 1.96. The summed E-state index contributed by atoms with van der Waals surface area (Å²) in [4.78, 5) is 16.9. The van der Waals surface area contributed by atoms with E-state index in [2.05, 4.69) is 62.4 Å². The Morgan fingerprint density at radius 3 is 2.30 bits per heavy atom. The quantitative estimate of drug-likeness (QED) is 0.875. The molecule has 4 heteroatoms. The monoisotopic (exact) mass is 317 g/mol. The van der Waals surface area contributed by atoms with Gasteiger partial charge < -0.3 is 15.1 Å². The molecule has 2 atom stereocenters. The van der Waals surface area contributed by atoms with Gasteiger partial charge in [0.25, 0.3) is 0 Å². The SMILES string of the molecule is CCN(Cc1ccc(CN(C)C)cc1)C(=O)[C@H]1CCN[C@@H](C)C1. The third kappa shape index (κ3) is 5.33. The molecule has 0 radical (unpaired) electrons. The van der Waals surface area contributed by atoms with Gasteiger partial charge in [0.2, 0.25) is 5.91 Å². The minimum Gasteiger partial charge on any atom is -0.338 e. The highest BCUT2D eigenvalue weighted by atomic mass is 16.2. The average Bonchev–Trinajstić information content (AvgIpc) is 2.53. The van der Waals surface area contributed by atoms with Crippen molar-refractivity contribution in [3.8, 4) is 0 Å². The summed E-state index contributed by atoms with van der Waals surface area (Å²) in [5.41, 5.74) is 2.52. The Hall–Kier alpha value is -1.39. The van der Waals surface area contributed by atoms with Crippen LogP contribution in [0.15, 0.2) is 24.3 Å². The van der Waals surface area contributed by atoms with Crippen molar-refractivity contribution < 1.29 is 4.79 Å². The maximum Gasteiger partial charge on any atom is 0.226 e. The number of benzene rings is 1. The number of amides is 1. The van der Waals surface area contributed by atoms with Gasteiger partial charge >= 0.3 is 0 Å². The fourth-order valence-corrected chi connectivity index (χ4v) is 3.30. The molecule has 1 saturated heterocycles. The van der Waals surface area contributed by atoms with Gasteiger partial charge in [0.1, 0.15) is 0 Å². The van der Waals surface area contributed by atoms with Gasteiger partial charge in [0, 0.05) is 31.6 Å². The lowest BCUT2D eigenvalue weighted by atomic mass is 9.92. The van der Waals surface area contributed by atoms with Crippen LogP contribution in [0, 0.1) is 5.92 Å². The van der Waals surface area contributed by atoms with Gasteiger partial charge in [-0.1, -0.05) is 24.3 Å². The van der Waals surface area contributed by atoms with Gasteiger partial charge in [-0.3, -0.25) is 4.79 Å². The molecule has 128 valence electrons. The molecule has 0 aliphatic carbocycles. The molecule has 1 heterocycles. The van der Waals surface area contributed by atoms with Crippen molar-refractivity contribution in [1.82, 2.24) is 15.1 Å². The van der Waals surface area contributed by atoms with E-state index in [0.29, 0.717) is 11.9 Å². The van der Waals surface area contributed by atoms with Crippen LogP contribution in [0.25, 0.3) is 0 Å². The minimum absolute atomic E-state index is 0.180. The van der Waals surface area contributed by atoms with E-state index in [-0.39, 0.29) is 5.92 Å². The molecule has 0 aromatic heterocycles. The van der Waals surface area contributed by atoms with Crippen molar-refractivity contribution in [1.29, 1.82) is 0 Å². The molecule has 2 rings (SSSR count). The Labute approximate surface area is 140 Å². The second-order valence-electron chi connectivity index (χ2n) is 6.98. The molecule has 1 aromatic carbocycles. The van der Waals surface area contributed by atoms with Crippen molar-refractivity contribution in [3.63, 3.8) is 0 Å². The summed E-state index contributed by atoms with van der Waals surface area (Å²) >= 11 is 0. The van der Waals surface area contributed by atoms with E-state index < -0.39 is 0 Å². The van der Waals surface area contributed by atoms with Gasteiger partial charge in [-0.05, 0) is 58.5 Å². The largest absolute Gasteiger partial charge is 0.338 e. The van der Waals surface area contributed by atoms with Crippen molar-refractivity contribution in [2.24, 2.45) is 5.92 Å². The standard InChI is InChI=1S/C19H31N3O/c1-5-22(19(23)18-10-11-20-15(2)12-18)14-17-8-6-16(7-9-17)13-21(3)4/h6-9,15,18,20H,5,10-14H2,1-4H3/t15-,18-/m0/s1. The molecule has 1 aliphatic rings. The maximum atomic E-state index is 12.8. The zero-order valence-corrected chi connectivity index (χ0v) is 15.0. The second kappa shape index (κ2) is 8.46. The lowest BCUT2D eigenvalue weighted by Crippen LogP contribution is -2.43. The van der Waals surface area contributed by atoms with Gasteiger partial charge in [-0.15, -0.1) is 0 Å². The van der Waals surface area contributed by atoms with E-state index >= 15 is 0 Å². The van der Waals surface area contributed by atoms with E-state index in [1.54, 1.807) is 0 Å². The maximum absolute atomic E-state index is 12.8. The van der Waals surface area contributed by atoms with Crippen molar-refractivity contribution in [3.05, 3.63) is 35.4 Å². The first-order chi connectivity index (χ1) is 11.0. The Bertz CT molecular complexity index is 498. The van der Waals surface area contributed by atoms with Crippen LogP contribution in [0.2, 0.25) is 0 Å². The Morgan fingerprint density at radius 2 is 1.78 bits per heavy atom. The lowest BCUT2D eigenvalue weighted by Gasteiger charge is -2.31. The minimum atomic E-state index is 0.180. The molecule has 0 spiro atoms. The molecule has 1 aliphatic heterocycles. The summed E-state index contributed by atoms with van der Waals surface area (Å²) in [6, 6.07) is 9.09. The van der Waals surface area contributed by atoms with E-state index in [1.807, 2.05) is 4.90 Å². The summed E-state index contributed by atoms with van der Waals surface area (Å²) in [5, 5.41) is 3.42. The topological polar surface area (TPSA) is 35.6 Å². The fraction of sp³-hybridized carbons (Fsp3) is 0.632.